The number of hydrogen-bond acceptors (Lipinski definition) is 3. The summed E-state index contributed by atoms with van der Waals surface area (Å²) < 4.78 is 0. The molecule has 2 aromatic rings. The van der Waals surface area contributed by atoms with Gasteiger partial charge in [0.2, 0.25) is 0 Å². The van der Waals surface area contributed by atoms with Gasteiger partial charge in [-0.25, -0.2) is 0 Å². The predicted molar refractivity (Wildman–Crippen MR) is 77.9 cm³/mol. The van der Waals surface area contributed by atoms with Crippen LogP contribution in [-0.2, 0) is 11.3 Å². The van der Waals surface area contributed by atoms with Crippen molar-refractivity contribution in [2.75, 3.05) is 7.11 Å². The lowest BCUT2D eigenvalue weighted by Crippen LogP contribution is -2.06. The molecule has 0 aliphatic rings. The summed E-state index contributed by atoms with van der Waals surface area (Å²) in [7, 11) is 1.51. The SMILES string of the molecule is CON=C(Cc1cccnc1)c1cc(Cl)cc(Cl)c1. The molecule has 2 rings (SSSR count). The number of rotatable bonds is 4. The van der Waals surface area contributed by atoms with Crippen molar-refractivity contribution in [1.82, 2.24) is 4.98 Å². The van der Waals surface area contributed by atoms with Gasteiger partial charge in [0.15, 0.2) is 0 Å². The van der Waals surface area contributed by atoms with Crippen LogP contribution in [0.2, 0.25) is 10.0 Å². The molecule has 5 heteroatoms. The Hall–Kier alpha value is -1.58. The van der Waals surface area contributed by atoms with Crippen LogP contribution >= 0.6 is 23.2 Å². The summed E-state index contributed by atoms with van der Waals surface area (Å²) >= 11 is 12.0. The monoisotopic (exact) mass is 294 g/mol. The van der Waals surface area contributed by atoms with E-state index in [4.69, 9.17) is 28.0 Å². The van der Waals surface area contributed by atoms with Crippen molar-refractivity contribution in [3.63, 3.8) is 0 Å². The standard InChI is InChI=1S/C14H12Cl2N2O/c1-19-18-14(5-10-3-2-4-17-9-10)11-6-12(15)8-13(16)7-11/h2-4,6-9H,5H2,1H3. The van der Waals surface area contributed by atoms with E-state index in [0.717, 1.165) is 16.8 Å². The summed E-state index contributed by atoms with van der Waals surface area (Å²) in [5.74, 6) is 0. The molecule has 1 heterocycles. The zero-order valence-electron chi connectivity index (χ0n) is 10.3. The molecule has 0 atom stereocenters. The minimum atomic E-state index is 0.567. The average molecular weight is 295 g/mol. The fourth-order valence-electron chi connectivity index (χ4n) is 1.71. The Labute approximate surface area is 121 Å². The number of halogens is 2. The Balaban J connectivity index is 2.33. The molecule has 0 fully saturated rings. The van der Waals surface area contributed by atoms with Crippen LogP contribution in [0.4, 0.5) is 0 Å². The third-order valence-electron chi connectivity index (χ3n) is 2.49. The molecule has 0 spiro atoms. The van der Waals surface area contributed by atoms with Crippen LogP contribution in [0.15, 0.2) is 47.9 Å². The van der Waals surface area contributed by atoms with Gasteiger partial charge in [-0.1, -0.05) is 34.4 Å². The van der Waals surface area contributed by atoms with Crippen LogP contribution in [0.5, 0.6) is 0 Å². The van der Waals surface area contributed by atoms with Gasteiger partial charge in [0.05, 0.1) is 5.71 Å². The second-order valence-electron chi connectivity index (χ2n) is 3.92. The second kappa shape index (κ2) is 6.55. The molecule has 98 valence electrons. The number of aromatic nitrogens is 1. The van der Waals surface area contributed by atoms with Crippen LogP contribution in [-0.4, -0.2) is 17.8 Å². The maximum Gasteiger partial charge on any atom is 0.106 e. The molecule has 1 aromatic carbocycles. The van der Waals surface area contributed by atoms with E-state index in [-0.39, 0.29) is 0 Å². The van der Waals surface area contributed by atoms with Gasteiger partial charge in [-0.05, 0) is 29.8 Å². The minimum absolute atomic E-state index is 0.567. The minimum Gasteiger partial charge on any atom is -0.399 e. The van der Waals surface area contributed by atoms with Gasteiger partial charge >= 0.3 is 0 Å². The summed E-state index contributed by atoms with van der Waals surface area (Å²) in [6, 6.07) is 9.15. The van der Waals surface area contributed by atoms with Crippen LogP contribution < -0.4 is 0 Å². The predicted octanol–water partition coefficient (Wildman–Crippen LogP) is 3.98. The van der Waals surface area contributed by atoms with E-state index in [1.807, 2.05) is 24.3 Å². The lowest BCUT2D eigenvalue weighted by atomic mass is 10.0. The van der Waals surface area contributed by atoms with Crippen molar-refractivity contribution in [2.24, 2.45) is 5.16 Å². The fourth-order valence-corrected chi connectivity index (χ4v) is 2.24. The molecule has 0 saturated carbocycles. The molecule has 0 amide bonds. The molecule has 0 bridgehead atoms. The highest BCUT2D eigenvalue weighted by atomic mass is 35.5. The smallest absolute Gasteiger partial charge is 0.106 e. The highest BCUT2D eigenvalue weighted by Gasteiger charge is 2.08. The van der Waals surface area contributed by atoms with Gasteiger partial charge in [0.25, 0.3) is 0 Å². The lowest BCUT2D eigenvalue weighted by Gasteiger charge is -2.07. The van der Waals surface area contributed by atoms with Gasteiger partial charge in [-0.3, -0.25) is 4.98 Å². The summed E-state index contributed by atoms with van der Waals surface area (Å²) in [6.45, 7) is 0. The van der Waals surface area contributed by atoms with Gasteiger partial charge in [0.1, 0.15) is 7.11 Å². The molecule has 0 radical (unpaired) electrons. The molecular weight excluding hydrogens is 283 g/mol. The van der Waals surface area contributed by atoms with Crippen LogP contribution in [0.1, 0.15) is 11.1 Å². The molecule has 0 unspecified atom stereocenters. The Bertz CT molecular complexity index is 565. The molecule has 0 aliphatic carbocycles. The summed E-state index contributed by atoms with van der Waals surface area (Å²) in [6.07, 6.45) is 4.11. The zero-order chi connectivity index (χ0) is 13.7. The first kappa shape index (κ1) is 13.8. The maximum atomic E-state index is 6.00. The fraction of sp³-hybridized carbons (Fsp3) is 0.143. The third-order valence-corrected chi connectivity index (χ3v) is 2.93. The normalized spacial score (nSPS) is 11.4. The van der Waals surface area contributed by atoms with E-state index in [1.54, 1.807) is 18.5 Å². The number of hydrogen-bond donors (Lipinski definition) is 0. The maximum absolute atomic E-state index is 6.00. The summed E-state index contributed by atoms with van der Waals surface area (Å²) in [5.41, 5.74) is 2.62. The van der Waals surface area contributed by atoms with Crippen molar-refractivity contribution in [2.45, 2.75) is 6.42 Å². The molecule has 3 nitrogen and oxygen atoms in total. The zero-order valence-corrected chi connectivity index (χ0v) is 11.8. The number of benzene rings is 1. The van der Waals surface area contributed by atoms with E-state index < -0.39 is 0 Å². The first-order valence-corrected chi connectivity index (χ1v) is 6.40. The van der Waals surface area contributed by atoms with Crippen molar-refractivity contribution in [3.05, 3.63) is 63.9 Å². The highest BCUT2D eigenvalue weighted by molar-refractivity contribution is 6.35. The van der Waals surface area contributed by atoms with E-state index in [2.05, 4.69) is 10.1 Å². The Morgan fingerprint density at radius 2 is 2.00 bits per heavy atom. The molecule has 0 aliphatic heterocycles. The molecule has 0 N–H and O–H groups in total. The third kappa shape index (κ3) is 3.94. The first-order chi connectivity index (χ1) is 9.19. The van der Waals surface area contributed by atoms with Gasteiger partial charge < -0.3 is 4.84 Å². The second-order valence-corrected chi connectivity index (χ2v) is 4.79. The molecular formula is C14H12Cl2N2O. The quantitative estimate of drug-likeness (QED) is 0.631. The van der Waals surface area contributed by atoms with E-state index >= 15 is 0 Å². The topological polar surface area (TPSA) is 34.5 Å². The van der Waals surface area contributed by atoms with Crippen molar-refractivity contribution in [1.29, 1.82) is 0 Å². The highest BCUT2D eigenvalue weighted by Crippen LogP contribution is 2.20. The van der Waals surface area contributed by atoms with Gasteiger partial charge in [0, 0.05) is 34.4 Å². The Morgan fingerprint density at radius 1 is 1.26 bits per heavy atom. The molecule has 1 aromatic heterocycles. The summed E-state index contributed by atoms with van der Waals surface area (Å²) in [5, 5.41) is 5.18. The van der Waals surface area contributed by atoms with Crippen molar-refractivity contribution in [3.8, 4) is 0 Å². The molecule has 19 heavy (non-hydrogen) atoms. The van der Waals surface area contributed by atoms with E-state index in [9.17, 15) is 0 Å². The number of pyridine rings is 1. The van der Waals surface area contributed by atoms with Crippen molar-refractivity contribution >= 4 is 28.9 Å². The van der Waals surface area contributed by atoms with Gasteiger partial charge in [-0.2, -0.15) is 0 Å². The Kier molecular flexibility index (Phi) is 4.77. The number of oxime groups is 1. The largest absolute Gasteiger partial charge is 0.399 e. The van der Waals surface area contributed by atoms with E-state index in [1.165, 1.54) is 7.11 Å². The van der Waals surface area contributed by atoms with Gasteiger partial charge in [-0.15, -0.1) is 0 Å². The molecule has 0 saturated heterocycles. The average Bonchev–Trinajstić information content (AvgIpc) is 2.38. The lowest BCUT2D eigenvalue weighted by molar-refractivity contribution is 0.213. The van der Waals surface area contributed by atoms with Crippen LogP contribution in [0, 0.1) is 0 Å². The summed E-state index contributed by atoms with van der Waals surface area (Å²) in [4.78, 5) is 8.97. The van der Waals surface area contributed by atoms with Crippen LogP contribution in [0.25, 0.3) is 0 Å². The Morgan fingerprint density at radius 3 is 2.58 bits per heavy atom. The van der Waals surface area contributed by atoms with Crippen molar-refractivity contribution < 1.29 is 4.84 Å². The van der Waals surface area contributed by atoms with E-state index in [0.29, 0.717) is 16.5 Å². The first-order valence-electron chi connectivity index (χ1n) is 5.64. The number of nitrogens with zero attached hydrogens (tertiary/aromatic N) is 2. The van der Waals surface area contributed by atoms with Crippen LogP contribution in [0.3, 0.4) is 0 Å².